The zero-order valence-electron chi connectivity index (χ0n) is 10.6. The quantitative estimate of drug-likeness (QED) is 0.570. The lowest BCUT2D eigenvalue weighted by atomic mass is 10.1. The Hall–Kier alpha value is -1.48. The van der Waals surface area contributed by atoms with E-state index in [1.807, 2.05) is 18.3 Å². The predicted molar refractivity (Wildman–Crippen MR) is 76.2 cm³/mol. The second-order valence-corrected chi connectivity index (χ2v) is 5.43. The fourth-order valence-electron chi connectivity index (χ4n) is 1.85. The standard InChI is InChI=1S/C15H17NOS/c1-2-3-4-5-13-7-6-12(10-16-13)15-9-8-14(11-17)18-15/h6-11H,2-5H2,1H3. The maximum atomic E-state index is 10.6. The van der Waals surface area contributed by atoms with E-state index in [9.17, 15) is 4.79 Å². The van der Waals surface area contributed by atoms with Crippen LogP contribution in [0, 0.1) is 0 Å². The molecule has 3 heteroatoms. The largest absolute Gasteiger partial charge is 0.297 e. The number of pyridine rings is 1. The van der Waals surface area contributed by atoms with Gasteiger partial charge in [-0.25, -0.2) is 0 Å². The van der Waals surface area contributed by atoms with E-state index in [2.05, 4.69) is 24.0 Å². The Balaban J connectivity index is 2.04. The highest BCUT2D eigenvalue weighted by atomic mass is 32.1. The lowest BCUT2D eigenvalue weighted by Gasteiger charge is -2.01. The molecule has 0 bridgehead atoms. The van der Waals surface area contributed by atoms with Crippen molar-refractivity contribution >= 4 is 17.6 Å². The number of hydrogen-bond acceptors (Lipinski definition) is 3. The van der Waals surface area contributed by atoms with Gasteiger partial charge in [0.25, 0.3) is 0 Å². The molecule has 0 aliphatic rings. The summed E-state index contributed by atoms with van der Waals surface area (Å²) in [4.78, 5) is 17.0. The zero-order chi connectivity index (χ0) is 12.8. The van der Waals surface area contributed by atoms with Crippen LogP contribution in [-0.4, -0.2) is 11.3 Å². The summed E-state index contributed by atoms with van der Waals surface area (Å²) in [5.41, 5.74) is 2.24. The van der Waals surface area contributed by atoms with Gasteiger partial charge in [-0.15, -0.1) is 11.3 Å². The van der Waals surface area contributed by atoms with Crippen molar-refractivity contribution < 1.29 is 4.79 Å². The van der Waals surface area contributed by atoms with E-state index in [4.69, 9.17) is 0 Å². The average Bonchev–Trinajstić information content (AvgIpc) is 2.89. The van der Waals surface area contributed by atoms with Gasteiger partial charge >= 0.3 is 0 Å². The molecule has 0 unspecified atom stereocenters. The third kappa shape index (κ3) is 3.26. The fraction of sp³-hybridized carbons (Fsp3) is 0.333. The molecule has 0 aliphatic carbocycles. The van der Waals surface area contributed by atoms with E-state index in [-0.39, 0.29) is 0 Å². The topological polar surface area (TPSA) is 30.0 Å². The molecule has 0 amide bonds. The van der Waals surface area contributed by atoms with Gasteiger partial charge in [0, 0.05) is 22.3 Å². The van der Waals surface area contributed by atoms with E-state index in [1.165, 1.54) is 30.6 Å². The van der Waals surface area contributed by atoms with Crippen molar-refractivity contribution in [2.75, 3.05) is 0 Å². The number of hydrogen-bond donors (Lipinski definition) is 0. The van der Waals surface area contributed by atoms with Crippen molar-refractivity contribution in [3.8, 4) is 10.4 Å². The molecule has 0 aliphatic heterocycles. The molecule has 94 valence electrons. The highest BCUT2D eigenvalue weighted by molar-refractivity contribution is 7.17. The lowest BCUT2D eigenvalue weighted by Crippen LogP contribution is -1.89. The van der Waals surface area contributed by atoms with E-state index >= 15 is 0 Å². The fourth-order valence-corrected chi connectivity index (χ4v) is 2.66. The maximum absolute atomic E-state index is 10.6. The Labute approximate surface area is 112 Å². The van der Waals surface area contributed by atoms with Gasteiger partial charge in [0.1, 0.15) is 0 Å². The Bertz CT molecular complexity index is 501. The third-order valence-corrected chi connectivity index (χ3v) is 3.95. The number of aromatic nitrogens is 1. The summed E-state index contributed by atoms with van der Waals surface area (Å²) < 4.78 is 0. The molecule has 0 spiro atoms. The minimum Gasteiger partial charge on any atom is -0.297 e. The average molecular weight is 259 g/mol. The number of unbranched alkanes of at least 4 members (excludes halogenated alkanes) is 2. The van der Waals surface area contributed by atoms with Gasteiger partial charge in [-0.1, -0.05) is 25.8 Å². The van der Waals surface area contributed by atoms with Crippen molar-refractivity contribution in [2.24, 2.45) is 0 Å². The number of thiophene rings is 1. The minimum atomic E-state index is 0.761. The van der Waals surface area contributed by atoms with Crippen molar-refractivity contribution in [2.45, 2.75) is 32.6 Å². The van der Waals surface area contributed by atoms with Crippen LogP contribution in [0.3, 0.4) is 0 Å². The molecule has 0 aromatic carbocycles. The van der Waals surface area contributed by atoms with Crippen LogP contribution in [0.4, 0.5) is 0 Å². The monoisotopic (exact) mass is 259 g/mol. The van der Waals surface area contributed by atoms with Gasteiger partial charge in [-0.3, -0.25) is 9.78 Å². The summed E-state index contributed by atoms with van der Waals surface area (Å²) in [5.74, 6) is 0. The van der Waals surface area contributed by atoms with Gasteiger partial charge in [-0.2, -0.15) is 0 Å². The molecule has 0 radical (unpaired) electrons. The Morgan fingerprint density at radius 3 is 2.72 bits per heavy atom. The molecule has 2 rings (SSSR count). The van der Waals surface area contributed by atoms with E-state index in [0.717, 1.165) is 33.7 Å². The van der Waals surface area contributed by atoms with Crippen LogP contribution in [0.5, 0.6) is 0 Å². The van der Waals surface area contributed by atoms with Crippen LogP contribution in [-0.2, 0) is 6.42 Å². The third-order valence-electron chi connectivity index (χ3n) is 2.89. The molecule has 0 N–H and O–H groups in total. The Morgan fingerprint density at radius 2 is 2.11 bits per heavy atom. The summed E-state index contributed by atoms with van der Waals surface area (Å²) in [7, 11) is 0. The highest BCUT2D eigenvalue weighted by Crippen LogP contribution is 2.26. The second-order valence-electron chi connectivity index (χ2n) is 4.32. The zero-order valence-corrected chi connectivity index (χ0v) is 11.4. The number of aryl methyl sites for hydroxylation is 1. The molecule has 2 heterocycles. The first-order chi connectivity index (χ1) is 8.83. The van der Waals surface area contributed by atoms with Crippen molar-refractivity contribution in [3.63, 3.8) is 0 Å². The first-order valence-electron chi connectivity index (χ1n) is 6.34. The normalized spacial score (nSPS) is 10.5. The molecular formula is C15H17NOS. The van der Waals surface area contributed by atoms with Gasteiger partial charge < -0.3 is 0 Å². The molecular weight excluding hydrogens is 242 g/mol. The van der Waals surface area contributed by atoms with Gasteiger partial charge in [-0.05, 0) is 31.0 Å². The first kappa shape index (κ1) is 13.0. The van der Waals surface area contributed by atoms with Gasteiger partial charge in [0.15, 0.2) is 6.29 Å². The number of carbonyl (C=O) groups is 1. The van der Waals surface area contributed by atoms with Crippen molar-refractivity contribution in [3.05, 3.63) is 41.0 Å². The number of carbonyl (C=O) groups excluding carboxylic acids is 1. The summed E-state index contributed by atoms with van der Waals surface area (Å²) in [6, 6.07) is 8.00. The van der Waals surface area contributed by atoms with Crippen LogP contribution >= 0.6 is 11.3 Å². The van der Waals surface area contributed by atoms with E-state index in [1.54, 1.807) is 0 Å². The molecule has 18 heavy (non-hydrogen) atoms. The maximum Gasteiger partial charge on any atom is 0.160 e. The van der Waals surface area contributed by atoms with Gasteiger partial charge in [0.05, 0.1) is 4.88 Å². The number of rotatable bonds is 6. The SMILES string of the molecule is CCCCCc1ccc(-c2ccc(C=O)s2)cn1. The van der Waals surface area contributed by atoms with Crippen molar-refractivity contribution in [1.29, 1.82) is 0 Å². The molecule has 0 fully saturated rings. The highest BCUT2D eigenvalue weighted by Gasteiger charge is 2.03. The number of aldehydes is 1. The second kappa shape index (κ2) is 6.45. The molecule has 2 aromatic heterocycles. The van der Waals surface area contributed by atoms with Crippen LogP contribution < -0.4 is 0 Å². The number of nitrogens with zero attached hydrogens (tertiary/aromatic N) is 1. The summed E-state index contributed by atoms with van der Waals surface area (Å²) in [6.45, 7) is 2.21. The van der Waals surface area contributed by atoms with Gasteiger partial charge in [0.2, 0.25) is 0 Å². The smallest absolute Gasteiger partial charge is 0.160 e. The lowest BCUT2D eigenvalue weighted by molar-refractivity contribution is 0.112. The summed E-state index contributed by atoms with van der Waals surface area (Å²) in [5, 5.41) is 0. The minimum absolute atomic E-state index is 0.761. The van der Waals surface area contributed by atoms with Crippen LogP contribution in [0.2, 0.25) is 0 Å². The van der Waals surface area contributed by atoms with Crippen molar-refractivity contribution in [1.82, 2.24) is 4.98 Å². The van der Waals surface area contributed by atoms with E-state index < -0.39 is 0 Å². The molecule has 0 saturated carbocycles. The first-order valence-corrected chi connectivity index (χ1v) is 7.15. The van der Waals surface area contributed by atoms with Crippen LogP contribution in [0.25, 0.3) is 10.4 Å². The Kier molecular flexibility index (Phi) is 4.65. The summed E-state index contributed by atoms with van der Waals surface area (Å²) >= 11 is 1.51. The predicted octanol–water partition coefficient (Wildman–Crippen LogP) is 4.36. The molecule has 2 nitrogen and oxygen atoms in total. The molecule has 2 aromatic rings. The van der Waals surface area contributed by atoms with Crippen LogP contribution in [0.1, 0.15) is 41.6 Å². The molecule has 0 saturated heterocycles. The molecule has 0 atom stereocenters. The van der Waals surface area contributed by atoms with Crippen LogP contribution in [0.15, 0.2) is 30.5 Å². The Morgan fingerprint density at radius 1 is 1.22 bits per heavy atom. The summed E-state index contributed by atoms with van der Waals surface area (Å²) in [6.07, 6.45) is 7.55. The van der Waals surface area contributed by atoms with E-state index in [0.29, 0.717) is 0 Å².